The average Bonchev–Trinajstić information content (AvgIpc) is 3.03. The van der Waals surface area contributed by atoms with Crippen molar-refractivity contribution in [2.45, 2.75) is 6.42 Å². The SMILES string of the molecule is C=C1c2ccccc2C(=O)N1CCC(=O)Nc1cccc(C(=O)Nc2ccncc2)c1. The third kappa shape index (κ3) is 4.35. The first-order valence-electron chi connectivity index (χ1n) is 9.74. The van der Waals surface area contributed by atoms with Crippen LogP contribution < -0.4 is 10.6 Å². The molecule has 0 spiro atoms. The van der Waals surface area contributed by atoms with E-state index < -0.39 is 0 Å². The summed E-state index contributed by atoms with van der Waals surface area (Å²) in [5.41, 5.74) is 3.53. The van der Waals surface area contributed by atoms with Gasteiger partial charge < -0.3 is 15.5 Å². The Balaban J connectivity index is 1.35. The van der Waals surface area contributed by atoms with Gasteiger partial charge in [0.15, 0.2) is 0 Å². The van der Waals surface area contributed by atoms with Crippen LogP contribution in [-0.2, 0) is 4.79 Å². The van der Waals surface area contributed by atoms with Crippen molar-refractivity contribution in [2.24, 2.45) is 0 Å². The fourth-order valence-electron chi connectivity index (χ4n) is 3.38. The summed E-state index contributed by atoms with van der Waals surface area (Å²) in [5.74, 6) is -0.703. The van der Waals surface area contributed by atoms with Gasteiger partial charge in [-0.15, -0.1) is 0 Å². The highest BCUT2D eigenvalue weighted by atomic mass is 16.2. The Morgan fingerprint density at radius 2 is 1.65 bits per heavy atom. The maximum atomic E-state index is 12.5. The second-order valence-corrected chi connectivity index (χ2v) is 7.02. The van der Waals surface area contributed by atoms with Crippen LogP contribution in [0.3, 0.4) is 0 Å². The van der Waals surface area contributed by atoms with Crippen LogP contribution in [0.4, 0.5) is 11.4 Å². The number of amides is 3. The van der Waals surface area contributed by atoms with Gasteiger partial charge in [0, 0.05) is 59.1 Å². The van der Waals surface area contributed by atoms with Gasteiger partial charge in [-0.2, -0.15) is 0 Å². The van der Waals surface area contributed by atoms with Gasteiger partial charge >= 0.3 is 0 Å². The van der Waals surface area contributed by atoms with E-state index in [0.717, 1.165) is 5.56 Å². The van der Waals surface area contributed by atoms with Crippen molar-refractivity contribution in [1.29, 1.82) is 0 Å². The summed E-state index contributed by atoms with van der Waals surface area (Å²) in [4.78, 5) is 42.8. The lowest BCUT2D eigenvalue weighted by atomic mass is 10.1. The first kappa shape index (κ1) is 20.0. The fraction of sp³-hybridized carbons (Fsp3) is 0.0833. The molecule has 0 saturated carbocycles. The van der Waals surface area contributed by atoms with Crippen LogP contribution in [0, 0.1) is 0 Å². The van der Waals surface area contributed by atoms with E-state index in [1.165, 1.54) is 4.90 Å². The molecule has 0 atom stereocenters. The molecule has 154 valence electrons. The van der Waals surface area contributed by atoms with Gasteiger partial charge in [0.05, 0.1) is 0 Å². The summed E-state index contributed by atoms with van der Waals surface area (Å²) in [6, 6.07) is 17.3. The molecule has 7 heteroatoms. The Bertz CT molecular complexity index is 1140. The van der Waals surface area contributed by atoms with E-state index in [2.05, 4.69) is 22.2 Å². The summed E-state index contributed by atoms with van der Waals surface area (Å²) in [7, 11) is 0. The largest absolute Gasteiger partial charge is 0.326 e. The summed E-state index contributed by atoms with van der Waals surface area (Å²) < 4.78 is 0. The minimum atomic E-state index is -0.293. The van der Waals surface area contributed by atoms with Gasteiger partial charge in [-0.3, -0.25) is 19.4 Å². The first-order chi connectivity index (χ1) is 15.0. The molecule has 2 aromatic carbocycles. The van der Waals surface area contributed by atoms with Gasteiger partial charge in [-0.05, 0) is 36.4 Å². The zero-order valence-corrected chi connectivity index (χ0v) is 16.7. The van der Waals surface area contributed by atoms with E-state index >= 15 is 0 Å². The molecule has 4 rings (SSSR count). The lowest BCUT2D eigenvalue weighted by molar-refractivity contribution is -0.116. The second-order valence-electron chi connectivity index (χ2n) is 7.02. The maximum Gasteiger partial charge on any atom is 0.258 e. The molecule has 0 unspecified atom stereocenters. The number of carbonyl (C=O) groups excluding carboxylic acids is 3. The number of hydrogen-bond acceptors (Lipinski definition) is 4. The number of hydrogen-bond donors (Lipinski definition) is 2. The number of anilines is 2. The highest BCUT2D eigenvalue weighted by Crippen LogP contribution is 2.31. The van der Waals surface area contributed by atoms with Gasteiger partial charge in [-0.25, -0.2) is 0 Å². The number of rotatable bonds is 6. The number of fused-ring (bicyclic) bond motifs is 1. The zero-order chi connectivity index (χ0) is 21.8. The Morgan fingerprint density at radius 3 is 2.39 bits per heavy atom. The lowest BCUT2D eigenvalue weighted by Gasteiger charge is -2.17. The van der Waals surface area contributed by atoms with Crippen LogP contribution in [0.5, 0.6) is 0 Å². The van der Waals surface area contributed by atoms with Crippen molar-refractivity contribution in [2.75, 3.05) is 17.2 Å². The van der Waals surface area contributed by atoms with E-state index in [-0.39, 0.29) is 30.7 Å². The van der Waals surface area contributed by atoms with Crippen molar-refractivity contribution in [3.63, 3.8) is 0 Å². The molecule has 2 heterocycles. The van der Waals surface area contributed by atoms with E-state index in [4.69, 9.17) is 0 Å². The van der Waals surface area contributed by atoms with Crippen molar-refractivity contribution >= 4 is 34.8 Å². The molecule has 1 aliphatic heterocycles. The first-order valence-corrected chi connectivity index (χ1v) is 9.74. The molecular weight excluding hydrogens is 392 g/mol. The number of pyridine rings is 1. The number of nitrogens with one attached hydrogen (secondary N) is 2. The minimum absolute atomic E-state index is 0.103. The number of nitrogens with zero attached hydrogens (tertiary/aromatic N) is 2. The van der Waals surface area contributed by atoms with Gasteiger partial charge in [0.1, 0.15) is 0 Å². The van der Waals surface area contributed by atoms with E-state index in [1.54, 1.807) is 60.9 Å². The van der Waals surface area contributed by atoms with E-state index in [1.807, 2.05) is 12.1 Å². The molecule has 2 N–H and O–H groups in total. The molecule has 31 heavy (non-hydrogen) atoms. The van der Waals surface area contributed by atoms with Crippen molar-refractivity contribution in [3.8, 4) is 0 Å². The fourth-order valence-corrected chi connectivity index (χ4v) is 3.38. The smallest absolute Gasteiger partial charge is 0.258 e. The number of benzene rings is 2. The summed E-state index contributed by atoms with van der Waals surface area (Å²) in [5, 5.41) is 5.55. The molecule has 3 amide bonds. The van der Waals surface area contributed by atoms with Crippen LogP contribution >= 0.6 is 0 Å². The molecule has 3 aromatic rings. The summed E-state index contributed by atoms with van der Waals surface area (Å²) in [6.07, 6.45) is 3.28. The third-order valence-electron chi connectivity index (χ3n) is 4.95. The molecule has 0 saturated heterocycles. The van der Waals surface area contributed by atoms with Crippen LogP contribution in [0.2, 0.25) is 0 Å². The third-order valence-corrected chi connectivity index (χ3v) is 4.95. The quantitative estimate of drug-likeness (QED) is 0.644. The van der Waals surface area contributed by atoms with E-state index in [0.29, 0.717) is 28.2 Å². The molecule has 0 bridgehead atoms. The average molecular weight is 412 g/mol. The number of aromatic nitrogens is 1. The molecule has 1 aliphatic rings. The van der Waals surface area contributed by atoms with E-state index in [9.17, 15) is 14.4 Å². The zero-order valence-electron chi connectivity index (χ0n) is 16.7. The Morgan fingerprint density at radius 1 is 0.903 bits per heavy atom. The van der Waals surface area contributed by atoms with Gasteiger partial charge in [0.25, 0.3) is 11.8 Å². The van der Waals surface area contributed by atoms with Crippen LogP contribution in [0.25, 0.3) is 5.70 Å². The van der Waals surface area contributed by atoms with Gasteiger partial charge in [0.2, 0.25) is 5.91 Å². The maximum absolute atomic E-state index is 12.5. The van der Waals surface area contributed by atoms with Crippen molar-refractivity contribution < 1.29 is 14.4 Å². The normalized spacial score (nSPS) is 12.5. The highest BCUT2D eigenvalue weighted by molar-refractivity contribution is 6.09. The summed E-state index contributed by atoms with van der Waals surface area (Å²) >= 11 is 0. The van der Waals surface area contributed by atoms with Crippen LogP contribution in [-0.4, -0.2) is 34.2 Å². The molecule has 7 nitrogen and oxygen atoms in total. The topological polar surface area (TPSA) is 91.4 Å². The molecular formula is C24H20N4O3. The number of carbonyl (C=O) groups is 3. The van der Waals surface area contributed by atoms with Gasteiger partial charge in [-0.1, -0.05) is 30.8 Å². The monoisotopic (exact) mass is 412 g/mol. The summed E-state index contributed by atoms with van der Waals surface area (Å²) in [6.45, 7) is 4.20. The predicted molar refractivity (Wildman–Crippen MR) is 118 cm³/mol. The van der Waals surface area contributed by atoms with Crippen molar-refractivity contribution in [1.82, 2.24) is 9.88 Å². The molecule has 1 aromatic heterocycles. The van der Waals surface area contributed by atoms with Crippen molar-refractivity contribution in [3.05, 3.63) is 96.3 Å². The van der Waals surface area contributed by atoms with Crippen LogP contribution in [0.1, 0.15) is 32.7 Å². The molecule has 0 aliphatic carbocycles. The molecule has 0 radical (unpaired) electrons. The Hall–Kier alpha value is -4.26. The Kier molecular flexibility index (Phi) is 5.57. The predicted octanol–water partition coefficient (Wildman–Crippen LogP) is 3.79. The Labute approximate surface area is 179 Å². The van der Waals surface area contributed by atoms with Crippen LogP contribution in [0.15, 0.2) is 79.6 Å². The lowest BCUT2D eigenvalue weighted by Crippen LogP contribution is -2.27. The standard InChI is InChI=1S/C24H20N4O3/c1-16-20-7-2-3-8-21(20)24(31)28(16)14-11-22(29)26-19-6-4-5-17(15-19)23(30)27-18-9-12-25-13-10-18/h2-10,12-13,15H,1,11,14H2,(H,26,29)(H,25,27,30). The minimum Gasteiger partial charge on any atom is -0.326 e. The highest BCUT2D eigenvalue weighted by Gasteiger charge is 2.30. The second kappa shape index (κ2) is 8.62. The molecule has 0 fully saturated rings.